The van der Waals surface area contributed by atoms with Crippen molar-refractivity contribution in [3.05, 3.63) is 0 Å². The maximum atomic E-state index is 10.2. The molecule has 1 unspecified atom stereocenters. The number of piperidine rings is 1. The third-order valence-electron chi connectivity index (χ3n) is 4.67. The van der Waals surface area contributed by atoms with E-state index in [0.717, 1.165) is 12.5 Å². The fraction of sp³-hybridized carbons (Fsp3) is 1.00. The third kappa shape index (κ3) is 3.21. The van der Waals surface area contributed by atoms with Gasteiger partial charge in [-0.1, -0.05) is 26.2 Å². The van der Waals surface area contributed by atoms with E-state index in [-0.39, 0.29) is 6.10 Å². The van der Waals surface area contributed by atoms with E-state index < -0.39 is 0 Å². The summed E-state index contributed by atoms with van der Waals surface area (Å²) in [5.74, 6) is 1.55. The van der Waals surface area contributed by atoms with Crippen LogP contribution in [0.15, 0.2) is 0 Å². The Hall–Kier alpha value is -0.0800. The molecule has 0 aromatic rings. The normalized spacial score (nSPS) is 27.4. The minimum absolute atomic E-state index is 0.0549. The maximum Gasteiger partial charge on any atom is 0.0695 e. The molecular weight excluding hydrogens is 198 g/mol. The highest BCUT2D eigenvalue weighted by Gasteiger charge is 2.26. The van der Waals surface area contributed by atoms with Crippen molar-refractivity contribution >= 4 is 0 Å². The first-order chi connectivity index (χ1) is 7.79. The predicted molar refractivity (Wildman–Crippen MR) is 67.4 cm³/mol. The van der Waals surface area contributed by atoms with Crippen LogP contribution in [0.1, 0.15) is 51.9 Å². The summed E-state index contributed by atoms with van der Waals surface area (Å²) in [6, 6.07) is 0. The Bertz CT molecular complexity index is 193. The largest absolute Gasteiger partial charge is 0.392 e. The van der Waals surface area contributed by atoms with E-state index in [2.05, 4.69) is 11.8 Å². The molecule has 2 heteroatoms. The monoisotopic (exact) mass is 225 g/mol. The molecule has 1 N–H and O–H groups in total. The van der Waals surface area contributed by atoms with Gasteiger partial charge in [-0.2, -0.15) is 0 Å². The number of hydrogen-bond donors (Lipinski definition) is 1. The second-order valence-electron chi connectivity index (χ2n) is 5.76. The molecule has 94 valence electrons. The second-order valence-corrected chi connectivity index (χ2v) is 5.76. The van der Waals surface area contributed by atoms with Gasteiger partial charge < -0.3 is 10.0 Å². The molecule has 1 aliphatic carbocycles. The summed E-state index contributed by atoms with van der Waals surface area (Å²) in [4.78, 5) is 2.48. The fourth-order valence-electron chi connectivity index (χ4n) is 3.33. The van der Waals surface area contributed by atoms with E-state index in [4.69, 9.17) is 0 Å². The van der Waals surface area contributed by atoms with Gasteiger partial charge in [0.2, 0.25) is 0 Å². The fourth-order valence-corrected chi connectivity index (χ4v) is 3.33. The standard InChI is InChI=1S/C14H27NO/c1-2-12-7-9-15(10-8-12)11-14(16)13-5-3-4-6-13/h12-14,16H,2-11H2,1H3. The molecular formula is C14H27NO. The zero-order valence-electron chi connectivity index (χ0n) is 10.7. The molecule has 0 radical (unpaired) electrons. The van der Waals surface area contributed by atoms with E-state index in [1.54, 1.807) is 0 Å². The van der Waals surface area contributed by atoms with E-state index in [9.17, 15) is 5.11 Å². The highest BCUT2D eigenvalue weighted by atomic mass is 16.3. The van der Waals surface area contributed by atoms with Crippen molar-refractivity contribution in [2.45, 2.75) is 58.0 Å². The zero-order valence-corrected chi connectivity index (χ0v) is 10.7. The van der Waals surface area contributed by atoms with Gasteiger partial charge in [0.05, 0.1) is 6.10 Å². The summed E-state index contributed by atoms with van der Waals surface area (Å²) in [6.07, 6.45) is 9.14. The van der Waals surface area contributed by atoms with Crippen LogP contribution in [0.2, 0.25) is 0 Å². The smallest absolute Gasteiger partial charge is 0.0695 e. The van der Waals surface area contributed by atoms with Crippen molar-refractivity contribution in [2.24, 2.45) is 11.8 Å². The van der Waals surface area contributed by atoms with Crippen molar-refractivity contribution in [1.29, 1.82) is 0 Å². The van der Waals surface area contributed by atoms with Gasteiger partial charge in [0.1, 0.15) is 0 Å². The molecule has 0 amide bonds. The number of aliphatic hydroxyl groups is 1. The lowest BCUT2D eigenvalue weighted by Crippen LogP contribution is -2.40. The van der Waals surface area contributed by atoms with E-state index >= 15 is 0 Å². The van der Waals surface area contributed by atoms with Gasteiger partial charge in [-0.15, -0.1) is 0 Å². The molecule has 16 heavy (non-hydrogen) atoms. The Morgan fingerprint density at radius 2 is 1.75 bits per heavy atom. The van der Waals surface area contributed by atoms with Gasteiger partial charge >= 0.3 is 0 Å². The lowest BCUT2D eigenvalue weighted by molar-refractivity contribution is 0.0513. The first-order valence-corrected chi connectivity index (χ1v) is 7.20. The summed E-state index contributed by atoms with van der Waals surface area (Å²) in [7, 11) is 0. The van der Waals surface area contributed by atoms with Crippen LogP contribution in [0, 0.1) is 11.8 Å². The maximum absolute atomic E-state index is 10.2. The first kappa shape index (κ1) is 12.4. The molecule has 1 aliphatic heterocycles. The van der Waals surface area contributed by atoms with Gasteiger partial charge in [-0.25, -0.2) is 0 Å². The van der Waals surface area contributed by atoms with E-state index in [1.165, 1.54) is 58.0 Å². The second kappa shape index (κ2) is 6.02. The molecule has 1 atom stereocenters. The number of β-amino-alcohol motifs (C(OH)–C–C–N with tert-alkyl or cyclic N) is 1. The quantitative estimate of drug-likeness (QED) is 0.795. The van der Waals surface area contributed by atoms with Crippen LogP contribution in [0.4, 0.5) is 0 Å². The molecule has 2 fully saturated rings. The van der Waals surface area contributed by atoms with Gasteiger partial charge in [0, 0.05) is 6.54 Å². The van der Waals surface area contributed by atoms with Gasteiger partial charge in [-0.3, -0.25) is 0 Å². The lowest BCUT2D eigenvalue weighted by Gasteiger charge is -2.34. The molecule has 2 aliphatic rings. The third-order valence-corrected chi connectivity index (χ3v) is 4.67. The Balaban J connectivity index is 1.69. The molecule has 0 aromatic carbocycles. The van der Waals surface area contributed by atoms with Crippen LogP contribution >= 0.6 is 0 Å². The molecule has 1 saturated carbocycles. The van der Waals surface area contributed by atoms with Crippen LogP contribution in [-0.4, -0.2) is 35.7 Å². The molecule has 0 bridgehead atoms. The Kier molecular flexibility index (Phi) is 4.66. The van der Waals surface area contributed by atoms with Gasteiger partial charge in [0.25, 0.3) is 0 Å². The summed E-state index contributed by atoms with van der Waals surface area (Å²) in [6.45, 7) is 5.65. The molecule has 1 saturated heterocycles. The van der Waals surface area contributed by atoms with Crippen molar-refractivity contribution < 1.29 is 5.11 Å². The molecule has 1 heterocycles. The Morgan fingerprint density at radius 3 is 2.31 bits per heavy atom. The topological polar surface area (TPSA) is 23.5 Å². The van der Waals surface area contributed by atoms with Crippen LogP contribution in [0.25, 0.3) is 0 Å². The predicted octanol–water partition coefficient (Wildman–Crippen LogP) is 2.66. The Labute approximate surface area is 100 Å². The van der Waals surface area contributed by atoms with Crippen molar-refractivity contribution in [3.8, 4) is 0 Å². The van der Waals surface area contributed by atoms with Crippen molar-refractivity contribution in [3.63, 3.8) is 0 Å². The molecule has 0 spiro atoms. The van der Waals surface area contributed by atoms with Crippen molar-refractivity contribution in [2.75, 3.05) is 19.6 Å². The zero-order chi connectivity index (χ0) is 11.4. The number of hydrogen-bond acceptors (Lipinski definition) is 2. The van der Waals surface area contributed by atoms with Crippen LogP contribution in [-0.2, 0) is 0 Å². The van der Waals surface area contributed by atoms with E-state index in [1.807, 2.05) is 0 Å². The summed E-state index contributed by atoms with van der Waals surface area (Å²) in [5, 5.41) is 10.2. The van der Waals surface area contributed by atoms with Crippen LogP contribution < -0.4 is 0 Å². The lowest BCUT2D eigenvalue weighted by atomic mass is 9.93. The molecule has 0 aromatic heterocycles. The number of aliphatic hydroxyl groups excluding tert-OH is 1. The van der Waals surface area contributed by atoms with E-state index in [0.29, 0.717) is 5.92 Å². The summed E-state index contributed by atoms with van der Waals surface area (Å²) in [5.41, 5.74) is 0. The number of likely N-dealkylation sites (tertiary alicyclic amines) is 1. The van der Waals surface area contributed by atoms with Gasteiger partial charge in [-0.05, 0) is 50.6 Å². The number of rotatable bonds is 4. The van der Waals surface area contributed by atoms with Gasteiger partial charge in [0.15, 0.2) is 0 Å². The highest BCUT2D eigenvalue weighted by Crippen LogP contribution is 2.29. The minimum atomic E-state index is -0.0549. The highest BCUT2D eigenvalue weighted by molar-refractivity contribution is 4.79. The average molecular weight is 225 g/mol. The Morgan fingerprint density at radius 1 is 1.12 bits per heavy atom. The van der Waals surface area contributed by atoms with Crippen LogP contribution in [0.5, 0.6) is 0 Å². The first-order valence-electron chi connectivity index (χ1n) is 7.20. The molecule has 2 rings (SSSR count). The summed E-state index contributed by atoms with van der Waals surface area (Å²) >= 11 is 0. The minimum Gasteiger partial charge on any atom is -0.392 e. The van der Waals surface area contributed by atoms with Crippen molar-refractivity contribution in [1.82, 2.24) is 4.90 Å². The SMILES string of the molecule is CCC1CCN(CC(O)C2CCCC2)CC1. The summed E-state index contributed by atoms with van der Waals surface area (Å²) < 4.78 is 0. The molecule has 2 nitrogen and oxygen atoms in total. The van der Waals surface area contributed by atoms with Crippen LogP contribution in [0.3, 0.4) is 0 Å². The number of nitrogens with zero attached hydrogens (tertiary/aromatic N) is 1. The average Bonchev–Trinajstić information content (AvgIpc) is 2.83.